The lowest BCUT2D eigenvalue weighted by Gasteiger charge is -2.40. The molecule has 3 fully saturated rings. The Kier molecular flexibility index (Phi) is 7.53. The second-order valence-corrected chi connectivity index (χ2v) is 10.4. The minimum atomic E-state index is -0.295. The molecule has 3 saturated heterocycles. The first kappa shape index (κ1) is 24.1. The molecule has 1 aromatic carbocycles. The molecule has 2 amide bonds. The van der Waals surface area contributed by atoms with Crippen molar-refractivity contribution < 1.29 is 14.3 Å². The van der Waals surface area contributed by atoms with E-state index in [2.05, 4.69) is 32.3 Å². The van der Waals surface area contributed by atoms with Crippen LogP contribution in [0.15, 0.2) is 35.8 Å². The number of benzene rings is 1. The molecule has 2 aromatic rings. The van der Waals surface area contributed by atoms with E-state index in [1.54, 1.807) is 23.2 Å². The quantitative estimate of drug-likeness (QED) is 0.625. The third-order valence-corrected chi connectivity index (χ3v) is 8.41. The van der Waals surface area contributed by atoms with E-state index in [9.17, 15) is 9.59 Å². The Labute approximate surface area is 211 Å². The van der Waals surface area contributed by atoms with Gasteiger partial charge in [-0.3, -0.25) is 9.69 Å². The second kappa shape index (κ2) is 11.0. The van der Waals surface area contributed by atoms with Crippen molar-refractivity contribution in [3.8, 4) is 0 Å². The number of ether oxygens (including phenoxy) is 1. The van der Waals surface area contributed by atoms with Crippen molar-refractivity contribution in [3.05, 3.63) is 46.4 Å². The fraction of sp³-hybridized carbons (Fsp3) is 0.577. The number of rotatable bonds is 5. The molecule has 5 rings (SSSR count). The molecule has 35 heavy (non-hydrogen) atoms. The summed E-state index contributed by atoms with van der Waals surface area (Å²) in [5.74, 6) is 0.0287. The van der Waals surface area contributed by atoms with Gasteiger partial charge in [-0.15, -0.1) is 11.3 Å². The molecular weight excluding hydrogens is 462 g/mol. The number of nitrogens with zero attached hydrogens (tertiary/aromatic N) is 5. The van der Waals surface area contributed by atoms with Gasteiger partial charge >= 0.3 is 6.09 Å². The summed E-state index contributed by atoms with van der Waals surface area (Å²) in [6.07, 6.45) is 6.44. The zero-order valence-corrected chi connectivity index (χ0v) is 21.3. The van der Waals surface area contributed by atoms with E-state index in [0.717, 1.165) is 25.9 Å². The average molecular weight is 498 g/mol. The highest BCUT2D eigenvalue weighted by Crippen LogP contribution is 2.37. The summed E-state index contributed by atoms with van der Waals surface area (Å²) in [5, 5.41) is 3.36. The predicted octanol–water partition coefficient (Wildman–Crippen LogP) is 3.86. The fourth-order valence-corrected chi connectivity index (χ4v) is 6.44. The molecule has 8 nitrogen and oxygen atoms in total. The van der Waals surface area contributed by atoms with Crippen LogP contribution in [0.1, 0.15) is 54.0 Å². The van der Waals surface area contributed by atoms with Gasteiger partial charge in [-0.1, -0.05) is 0 Å². The minimum Gasteiger partial charge on any atom is -0.450 e. The van der Waals surface area contributed by atoms with Crippen LogP contribution in [0.25, 0.3) is 0 Å². The lowest BCUT2D eigenvalue weighted by molar-refractivity contribution is 0.0570. The summed E-state index contributed by atoms with van der Waals surface area (Å²) in [5.41, 5.74) is 1.89. The van der Waals surface area contributed by atoms with E-state index in [4.69, 9.17) is 4.74 Å². The van der Waals surface area contributed by atoms with Gasteiger partial charge in [0.05, 0.1) is 12.6 Å². The van der Waals surface area contributed by atoms with Crippen molar-refractivity contribution in [1.29, 1.82) is 0 Å². The first-order valence-electron chi connectivity index (χ1n) is 12.8. The molecule has 1 aromatic heterocycles. The van der Waals surface area contributed by atoms with E-state index in [-0.39, 0.29) is 12.0 Å². The van der Waals surface area contributed by atoms with E-state index in [1.165, 1.54) is 30.1 Å². The first-order chi connectivity index (χ1) is 17.1. The Hall–Kier alpha value is -2.65. The van der Waals surface area contributed by atoms with E-state index in [1.807, 2.05) is 23.2 Å². The first-order valence-corrected chi connectivity index (χ1v) is 13.7. The molecule has 9 heteroatoms. The van der Waals surface area contributed by atoms with Crippen LogP contribution >= 0.6 is 11.3 Å². The van der Waals surface area contributed by atoms with Crippen molar-refractivity contribution in [2.24, 2.45) is 0 Å². The van der Waals surface area contributed by atoms with Crippen molar-refractivity contribution in [1.82, 2.24) is 19.7 Å². The SMILES string of the molecule is CCOC(=O)N1CCN(C(=O)c2ccc(N3CCC(N4CCCC4c4nccs4)CC3)cc2)CC1. The molecule has 0 aliphatic carbocycles. The molecule has 0 radical (unpaired) electrons. The van der Waals surface area contributed by atoms with Crippen LogP contribution in [0.4, 0.5) is 10.5 Å². The van der Waals surface area contributed by atoms with Crippen LogP contribution in [0, 0.1) is 0 Å². The standard InChI is InChI=1S/C26H35N5O3S/c1-2-34-26(33)30-17-15-29(16-18-30)25(32)20-5-7-21(8-6-20)28-13-9-22(10-14-28)31-12-3-4-23(31)24-27-11-19-35-24/h5-8,11,19,22-23H,2-4,9-10,12-18H2,1H3. The Morgan fingerprint density at radius 1 is 0.971 bits per heavy atom. The Morgan fingerprint density at radius 2 is 1.69 bits per heavy atom. The van der Waals surface area contributed by atoms with Gasteiger partial charge in [0.25, 0.3) is 5.91 Å². The van der Waals surface area contributed by atoms with Gasteiger partial charge in [-0.2, -0.15) is 0 Å². The van der Waals surface area contributed by atoms with Crippen LogP contribution in [0.2, 0.25) is 0 Å². The van der Waals surface area contributed by atoms with Crippen LogP contribution in [0.3, 0.4) is 0 Å². The van der Waals surface area contributed by atoms with Gasteiger partial charge in [0, 0.05) is 68.1 Å². The fourth-order valence-electron chi connectivity index (χ4n) is 5.65. The van der Waals surface area contributed by atoms with Crippen LogP contribution < -0.4 is 4.90 Å². The number of hydrogen-bond acceptors (Lipinski definition) is 7. The molecule has 188 valence electrons. The predicted molar refractivity (Wildman–Crippen MR) is 137 cm³/mol. The number of carbonyl (C=O) groups excluding carboxylic acids is 2. The zero-order valence-electron chi connectivity index (χ0n) is 20.5. The third kappa shape index (κ3) is 5.30. The molecular formula is C26H35N5O3S. The number of carbonyl (C=O) groups is 2. The highest BCUT2D eigenvalue weighted by molar-refractivity contribution is 7.09. The highest BCUT2D eigenvalue weighted by Gasteiger charge is 2.35. The normalized spacial score (nSPS) is 22.0. The Morgan fingerprint density at radius 3 is 2.34 bits per heavy atom. The topological polar surface area (TPSA) is 69.2 Å². The van der Waals surface area contributed by atoms with Crippen molar-refractivity contribution >= 4 is 29.0 Å². The van der Waals surface area contributed by atoms with Crippen LogP contribution in [-0.4, -0.2) is 90.1 Å². The molecule has 1 atom stereocenters. The lowest BCUT2D eigenvalue weighted by atomic mass is 10.0. The van der Waals surface area contributed by atoms with Crippen molar-refractivity contribution in [3.63, 3.8) is 0 Å². The molecule has 0 N–H and O–H groups in total. The van der Waals surface area contributed by atoms with Gasteiger partial charge < -0.3 is 19.4 Å². The van der Waals surface area contributed by atoms with Crippen LogP contribution in [-0.2, 0) is 4.74 Å². The van der Waals surface area contributed by atoms with E-state index >= 15 is 0 Å². The number of piperazine rings is 1. The van der Waals surface area contributed by atoms with Gasteiger partial charge in [-0.25, -0.2) is 9.78 Å². The minimum absolute atomic E-state index is 0.0287. The Bertz CT molecular complexity index is 983. The van der Waals surface area contributed by atoms with Crippen molar-refractivity contribution in [2.75, 3.05) is 57.3 Å². The van der Waals surface area contributed by atoms with Gasteiger partial charge in [0.1, 0.15) is 5.01 Å². The molecule has 3 aliphatic heterocycles. The molecule has 0 saturated carbocycles. The average Bonchev–Trinajstić information content (AvgIpc) is 3.61. The maximum atomic E-state index is 13.0. The number of thiazole rings is 1. The summed E-state index contributed by atoms with van der Waals surface area (Å²) >= 11 is 1.79. The number of piperidine rings is 1. The summed E-state index contributed by atoms with van der Waals surface area (Å²) in [4.78, 5) is 38.1. The van der Waals surface area contributed by atoms with Crippen molar-refractivity contribution in [2.45, 2.75) is 44.7 Å². The van der Waals surface area contributed by atoms with E-state index < -0.39 is 0 Å². The number of amides is 2. The highest BCUT2D eigenvalue weighted by atomic mass is 32.1. The van der Waals surface area contributed by atoms with Gasteiger partial charge in [0.2, 0.25) is 0 Å². The largest absolute Gasteiger partial charge is 0.450 e. The summed E-state index contributed by atoms with van der Waals surface area (Å²) in [6, 6.07) is 9.17. The number of aromatic nitrogens is 1. The van der Waals surface area contributed by atoms with E-state index in [0.29, 0.717) is 50.4 Å². The zero-order chi connectivity index (χ0) is 24.2. The third-order valence-electron chi connectivity index (χ3n) is 7.54. The molecule has 3 aliphatic rings. The number of hydrogen-bond donors (Lipinski definition) is 0. The molecule has 4 heterocycles. The summed E-state index contributed by atoms with van der Waals surface area (Å²) in [7, 11) is 0. The Balaban J connectivity index is 1.12. The maximum Gasteiger partial charge on any atom is 0.409 e. The van der Waals surface area contributed by atoms with Gasteiger partial charge in [0.15, 0.2) is 0 Å². The molecule has 1 unspecified atom stereocenters. The maximum absolute atomic E-state index is 13.0. The number of likely N-dealkylation sites (tertiary alicyclic amines) is 1. The van der Waals surface area contributed by atoms with Gasteiger partial charge in [-0.05, 0) is 63.4 Å². The summed E-state index contributed by atoms with van der Waals surface area (Å²) < 4.78 is 5.06. The second-order valence-electron chi connectivity index (χ2n) is 9.51. The van der Waals surface area contributed by atoms with Crippen LogP contribution in [0.5, 0.6) is 0 Å². The lowest BCUT2D eigenvalue weighted by Crippen LogP contribution is -2.50. The molecule has 0 spiro atoms. The monoisotopic (exact) mass is 497 g/mol. The smallest absolute Gasteiger partial charge is 0.409 e. The number of anilines is 1. The summed E-state index contributed by atoms with van der Waals surface area (Å²) in [6.45, 7) is 7.51. The molecule has 0 bridgehead atoms.